The topological polar surface area (TPSA) is 34.9 Å². The van der Waals surface area contributed by atoms with Crippen molar-refractivity contribution >= 4 is 5.78 Å². The molecule has 1 heterocycles. The second-order valence-electron chi connectivity index (χ2n) is 6.14. The van der Waals surface area contributed by atoms with Crippen LogP contribution in [0.3, 0.4) is 0 Å². The molecule has 1 aliphatic carbocycles. The van der Waals surface area contributed by atoms with E-state index in [0.29, 0.717) is 6.42 Å². The van der Waals surface area contributed by atoms with Gasteiger partial charge >= 0.3 is 0 Å². The molecule has 1 atom stereocenters. The van der Waals surface area contributed by atoms with E-state index in [1.54, 1.807) is 6.20 Å². The number of hydrogen-bond acceptors (Lipinski definition) is 2. The van der Waals surface area contributed by atoms with E-state index in [1.165, 1.54) is 11.1 Å². The predicted molar refractivity (Wildman–Crippen MR) is 90.1 cm³/mol. The Hall–Kier alpha value is -2.68. The van der Waals surface area contributed by atoms with Crippen LogP contribution in [-0.4, -0.2) is 15.6 Å². The highest BCUT2D eigenvalue weighted by atomic mass is 16.1. The van der Waals surface area contributed by atoms with E-state index in [4.69, 9.17) is 0 Å². The number of fused-ring (bicyclic) bond motifs is 1. The first-order chi connectivity index (χ1) is 11.2. The minimum Gasteiger partial charge on any atom is -0.294 e. The van der Waals surface area contributed by atoms with Gasteiger partial charge in [-0.3, -0.25) is 4.79 Å². The van der Waals surface area contributed by atoms with Crippen LogP contribution in [0.2, 0.25) is 0 Å². The second-order valence-corrected chi connectivity index (χ2v) is 6.14. The summed E-state index contributed by atoms with van der Waals surface area (Å²) in [4.78, 5) is 12.6. The standard InChI is InChI=1S/C20H18N2O/c1-14-7-5-6-10-17(14)15-11-19-18(20(23)12-15)13-21-22(19)16-8-3-2-4-9-16/h2-10,13,15H,11-12H2,1H3/t15-/m0/s1. The Balaban J connectivity index is 1.78. The van der Waals surface area contributed by atoms with E-state index in [-0.39, 0.29) is 11.7 Å². The summed E-state index contributed by atoms with van der Waals surface area (Å²) in [6.07, 6.45) is 3.14. The van der Waals surface area contributed by atoms with Crippen LogP contribution in [0.1, 0.15) is 39.5 Å². The number of para-hydroxylation sites is 1. The van der Waals surface area contributed by atoms with Gasteiger partial charge in [0, 0.05) is 6.42 Å². The Bertz CT molecular complexity index is 864. The highest BCUT2D eigenvalue weighted by Crippen LogP contribution is 2.34. The molecule has 0 bridgehead atoms. The monoisotopic (exact) mass is 302 g/mol. The molecule has 0 saturated carbocycles. The van der Waals surface area contributed by atoms with Gasteiger partial charge in [0.15, 0.2) is 5.78 Å². The quantitative estimate of drug-likeness (QED) is 0.714. The molecule has 3 aromatic rings. The summed E-state index contributed by atoms with van der Waals surface area (Å²) in [5.41, 5.74) is 5.33. The van der Waals surface area contributed by atoms with Crippen molar-refractivity contribution in [1.29, 1.82) is 0 Å². The largest absolute Gasteiger partial charge is 0.294 e. The van der Waals surface area contributed by atoms with Crippen molar-refractivity contribution in [1.82, 2.24) is 9.78 Å². The van der Waals surface area contributed by atoms with Gasteiger partial charge in [0.2, 0.25) is 0 Å². The van der Waals surface area contributed by atoms with Crippen LogP contribution in [0.15, 0.2) is 60.8 Å². The molecule has 0 radical (unpaired) electrons. The number of rotatable bonds is 2. The zero-order valence-corrected chi connectivity index (χ0v) is 13.1. The molecule has 0 aliphatic heterocycles. The maximum atomic E-state index is 12.6. The van der Waals surface area contributed by atoms with Gasteiger partial charge < -0.3 is 0 Å². The van der Waals surface area contributed by atoms with E-state index in [1.807, 2.05) is 41.1 Å². The fraction of sp³-hybridized carbons (Fsp3) is 0.200. The Labute approximate surface area is 135 Å². The number of Topliss-reactive ketones (excluding diaryl/α,β-unsaturated/α-hetero) is 1. The number of ketones is 1. The van der Waals surface area contributed by atoms with E-state index in [9.17, 15) is 4.79 Å². The Morgan fingerprint density at radius 2 is 1.74 bits per heavy atom. The zero-order valence-electron chi connectivity index (χ0n) is 13.1. The Kier molecular flexibility index (Phi) is 3.34. The lowest BCUT2D eigenvalue weighted by Gasteiger charge is -2.24. The lowest BCUT2D eigenvalue weighted by atomic mass is 9.81. The molecule has 4 rings (SSSR count). The highest BCUT2D eigenvalue weighted by molar-refractivity contribution is 5.98. The van der Waals surface area contributed by atoms with Crippen LogP contribution in [0, 0.1) is 6.92 Å². The number of nitrogens with zero attached hydrogens (tertiary/aromatic N) is 2. The lowest BCUT2D eigenvalue weighted by Crippen LogP contribution is -2.20. The van der Waals surface area contributed by atoms with Gasteiger partial charge in [-0.15, -0.1) is 0 Å². The molecule has 0 amide bonds. The summed E-state index contributed by atoms with van der Waals surface area (Å²) >= 11 is 0. The van der Waals surface area contributed by atoms with Crippen LogP contribution in [0.25, 0.3) is 5.69 Å². The number of benzene rings is 2. The summed E-state index contributed by atoms with van der Waals surface area (Å²) in [6, 6.07) is 18.4. The van der Waals surface area contributed by atoms with E-state index in [2.05, 4.69) is 30.2 Å². The third-order valence-corrected chi connectivity index (χ3v) is 4.67. The molecule has 2 aromatic carbocycles. The molecule has 3 heteroatoms. The molecule has 23 heavy (non-hydrogen) atoms. The molecule has 3 nitrogen and oxygen atoms in total. The Morgan fingerprint density at radius 3 is 2.52 bits per heavy atom. The average Bonchev–Trinajstić information content (AvgIpc) is 3.00. The van der Waals surface area contributed by atoms with Crippen LogP contribution < -0.4 is 0 Å². The number of aryl methyl sites for hydroxylation is 1. The molecular formula is C20H18N2O. The number of carbonyl (C=O) groups excluding carboxylic acids is 1. The first kappa shape index (κ1) is 13.9. The van der Waals surface area contributed by atoms with E-state index < -0.39 is 0 Å². The van der Waals surface area contributed by atoms with Crippen molar-refractivity contribution < 1.29 is 4.79 Å². The van der Waals surface area contributed by atoms with Gasteiger partial charge in [-0.05, 0) is 42.5 Å². The predicted octanol–water partition coefficient (Wildman–Crippen LogP) is 4.09. The highest BCUT2D eigenvalue weighted by Gasteiger charge is 2.30. The maximum absolute atomic E-state index is 12.6. The summed E-state index contributed by atoms with van der Waals surface area (Å²) in [5.74, 6) is 0.428. The van der Waals surface area contributed by atoms with Gasteiger partial charge in [-0.25, -0.2) is 4.68 Å². The summed E-state index contributed by atoms with van der Waals surface area (Å²) in [7, 11) is 0. The number of hydrogen-bond donors (Lipinski definition) is 0. The van der Waals surface area contributed by atoms with Crippen LogP contribution in [0.4, 0.5) is 0 Å². The van der Waals surface area contributed by atoms with Crippen molar-refractivity contribution in [3.63, 3.8) is 0 Å². The summed E-state index contributed by atoms with van der Waals surface area (Å²) in [5, 5.41) is 4.46. The zero-order chi connectivity index (χ0) is 15.8. The normalized spacial score (nSPS) is 17.1. The maximum Gasteiger partial charge on any atom is 0.166 e. The molecule has 114 valence electrons. The van der Waals surface area contributed by atoms with Crippen molar-refractivity contribution in [3.8, 4) is 5.69 Å². The molecule has 1 aliphatic rings. The van der Waals surface area contributed by atoms with Crippen LogP contribution >= 0.6 is 0 Å². The molecule has 0 unspecified atom stereocenters. The molecular weight excluding hydrogens is 284 g/mol. The smallest absolute Gasteiger partial charge is 0.166 e. The second kappa shape index (κ2) is 5.51. The third-order valence-electron chi connectivity index (χ3n) is 4.67. The van der Waals surface area contributed by atoms with E-state index in [0.717, 1.165) is 23.4 Å². The number of carbonyl (C=O) groups is 1. The van der Waals surface area contributed by atoms with Crippen molar-refractivity contribution in [2.24, 2.45) is 0 Å². The van der Waals surface area contributed by atoms with Gasteiger partial charge in [0.1, 0.15) is 0 Å². The van der Waals surface area contributed by atoms with Crippen LogP contribution in [-0.2, 0) is 6.42 Å². The molecule has 1 aromatic heterocycles. The van der Waals surface area contributed by atoms with Crippen molar-refractivity contribution in [2.45, 2.75) is 25.7 Å². The fourth-order valence-electron chi connectivity index (χ4n) is 3.50. The average molecular weight is 302 g/mol. The first-order valence-electron chi connectivity index (χ1n) is 7.95. The fourth-order valence-corrected chi connectivity index (χ4v) is 3.50. The molecule has 0 N–H and O–H groups in total. The van der Waals surface area contributed by atoms with Gasteiger partial charge in [-0.2, -0.15) is 5.10 Å². The van der Waals surface area contributed by atoms with Gasteiger partial charge in [0.25, 0.3) is 0 Å². The SMILES string of the molecule is Cc1ccccc1[C@@H]1CC(=O)c2cnn(-c3ccccc3)c2C1. The van der Waals surface area contributed by atoms with Gasteiger partial charge in [-0.1, -0.05) is 42.5 Å². The lowest BCUT2D eigenvalue weighted by molar-refractivity contribution is 0.0963. The van der Waals surface area contributed by atoms with E-state index >= 15 is 0 Å². The molecule has 0 saturated heterocycles. The Morgan fingerprint density at radius 1 is 1.00 bits per heavy atom. The number of aromatic nitrogens is 2. The minimum atomic E-state index is 0.196. The summed E-state index contributed by atoms with van der Waals surface area (Å²) in [6.45, 7) is 2.11. The van der Waals surface area contributed by atoms with Crippen LogP contribution in [0.5, 0.6) is 0 Å². The molecule has 0 fully saturated rings. The first-order valence-corrected chi connectivity index (χ1v) is 7.95. The minimum absolute atomic E-state index is 0.196. The van der Waals surface area contributed by atoms with Crippen molar-refractivity contribution in [2.75, 3.05) is 0 Å². The third kappa shape index (κ3) is 2.38. The van der Waals surface area contributed by atoms with Crippen molar-refractivity contribution in [3.05, 3.63) is 83.2 Å². The summed E-state index contributed by atoms with van der Waals surface area (Å²) < 4.78 is 1.91. The van der Waals surface area contributed by atoms with Gasteiger partial charge in [0.05, 0.1) is 23.1 Å². The molecule has 0 spiro atoms.